The first-order chi connectivity index (χ1) is 12.3. The van der Waals surface area contributed by atoms with Crippen LogP contribution < -0.4 is 10.7 Å². The molecule has 1 aromatic heterocycles. The Labute approximate surface area is 154 Å². The summed E-state index contributed by atoms with van der Waals surface area (Å²) < 4.78 is 25.6. The number of aromatic nitrogens is 2. The van der Waals surface area contributed by atoms with Crippen LogP contribution in [0.5, 0.6) is 0 Å². The zero-order valence-electron chi connectivity index (χ0n) is 13.2. The number of nitrogens with two attached hydrogens (primary N) is 1. The van der Waals surface area contributed by atoms with Crippen molar-refractivity contribution in [1.82, 2.24) is 9.13 Å². The van der Waals surface area contributed by atoms with Crippen LogP contribution in [0.3, 0.4) is 0 Å². The Hall–Kier alpha value is -3.06. The molecule has 0 aliphatic carbocycles. The molecule has 0 fully saturated rings. The molecule has 3 aromatic rings. The van der Waals surface area contributed by atoms with E-state index in [9.17, 15) is 18.5 Å². The highest BCUT2D eigenvalue weighted by Crippen LogP contribution is 2.15. The summed E-state index contributed by atoms with van der Waals surface area (Å²) in [5.41, 5.74) is 0.386. The minimum atomic E-state index is -3.83. The van der Waals surface area contributed by atoms with E-state index in [-0.39, 0.29) is 15.2 Å². The van der Waals surface area contributed by atoms with Gasteiger partial charge in [-0.1, -0.05) is 18.2 Å². The van der Waals surface area contributed by atoms with Gasteiger partial charge in [0.15, 0.2) is 4.77 Å². The molecule has 0 spiro atoms. The van der Waals surface area contributed by atoms with E-state index in [1.165, 1.54) is 39.6 Å². The number of hydrogen-bond donors (Lipinski definition) is 1. The highest BCUT2D eigenvalue weighted by Gasteiger charge is 2.13. The molecule has 0 aliphatic rings. The molecule has 2 aromatic carbocycles. The number of nitriles is 1. The highest BCUT2D eigenvalue weighted by atomic mass is 32.2. The average molecular weight is 384 g/mol. The van der Waals surface area contributed by atoms with Crippen molar-refractivity contribution in [2.75, 3.05) is 0 Å². The van der Waals surface area contributed by atoms with Gasteiger partial charge in [0, 0.05) is 11.9 Å². The van der Waals surface area contributed by atoms with Gasteiger partial charge in [0.05, 0.1) is 10.6 Å². The number of rotatable bonds is 3. The molecule has 0 amide bonds. The molecule has 26 heavy (non-hydrogen) atoms. The Morgan fingerprint density at radius 2 is 1.62 bits per heavy atom. The lowest BCUT2D eigenvalue weighted by atomic mass is 10.2. The van der Waals surface area contributed by atoms with Gasteiger partial charge in [0.1, 0.15) is 11.6 Å². The van der Waals surface area contributed by atoms with Crippen LogP contribution >= 0.6 is 12.2 Å². The summed E-state index contributed by atoms with van der Waals surface area (Å²) in [5, 5.41) is 14.4. The normalized spacial score (nSPS) is 11.1. The Kier molecular flexibility index (Phi) is 4.56. The van der Waals surface area contributed by atoms with Crippen LogP contribution in [0.4, 0.5) is 0 Å². The van der Waals surface area contributed by atoms with E-state index in [1.54, 1.807) is 30.3 Å². The summed E-state index contributed by atoms with van der Waals surface area (Å²) in [6, 6.07) is 16.2. The first-order valence-electron chi connectivity index (χ1n) is 7.30. The molecule has 3 rings (SSSR count). The highest BCUT2D eigenvalue weighted by molar-refractivity contribution is 7.89. The average Bonchev–Trinajstić information content (AvgIpc) is 2.62. The fourth-order valence-corrected chi connectivity index (χ4v) is 3.28. The van der Waals surface area contributed by atoms with E-state index in [2.05, 4.69) is 0 Å². The molecule has 0 saturated carbocycles. The number of sulfonamides is 1. The molecular weight excluding hydrogens is 372 g/mol. The van der Waals surface area contributed by atoms with Gasteiger partial charge < -0.3 is 0 Å². The van der Waals surface area contributed by atoms with E-state index < -0.39 is 15.6 Å². The molecule has 0 unspecified atom stereocenters. The topological polar surface area (TPSA) is 111 Å². The van der Waals surface area contributed by atoms with Gasteiger partial charge >= 0.3 is 0 Å². The third-order valence-corrected chi connectivity index (χ3v) is 4.98. The Balaban J connectivity index is 2.29. The summed E-state index contributed by atoms with van der Waals surface area (Å²) >= 11 is 5.43. The summed E-state index contributed by atoms with van der Waals surface area (Å²) in [5.74, 6) is 0. The molecule has 130 valence electrons. The lowest BCUT2D eigenvalue weighted by molar-refractivity contribution is 0.598. The molecular formula is C17H12N4O3S2. The second-order valence-electron chi connectivity index (χ2n) is 5.32. The van der Waals surface area contributed by atoms with Gasteiger partial charge in [-0.15, -0.1) is 0 Å². The SMILES string of the molecule is N#Cc1cn(-c2ccc(S(N)(=O)=O)cc2)c(=S)n(-c2ccccc2)c1=O. The second kappa shape index (κ2) is 6.68. The maximum Gasteiger partial charge on any atom is 0.276 e. The molecule has 2 N–H and O–H groups in total. The minimum absolute atomic E-state index is 0.0512. The van der Waals surface area contributed by atoms with Crippen LogP contribution in [0.1, 0.15) is 5.56 Å². The third kappa shape index (κ3) is 3.21. The first kappa shape index (κ1) is 17.8. The summed E-state index contributed by atoms with van der Waals surface area (Å²) in [6.07, 6.45) is 1.33. The van der Waals surface area contributed by atoms with Crippen LogP contribution in [-0.2, 0) is 10.0 Å². The number of para-hydroxylation sites is 1. The van der Waals surface area contributed by atoms with Gasteiger partial charge in [-0.2, -0.15) is 5.26 Å². The third-order valence-electron chi connectivity index (χ3n) is 3.67. The van der Waals surface area contributed by atoms with Gasteiger partial charge in [-0.05, 0) is 48.6 Å². The predicted molar refractivity (Wildman–Crippen MR) is 98.3 cm³/mol. The summed E-state index contributed by atoms with van der Waals surface area (Å²) in [4.78, 5) is 12.5. The molecule has 0 aliphatic heterocycles. The molecule has 0 bridgehead atoms. The monoisotopic (exact) mass is 384 g/mol. The maximum atomic E-state index is 12.6. The van der Waals surface area contributed by atoms with Crippen molar-refractivity contribution in [3.63, 3.8) is 0 Å². The van der Waals surface area contributed by atoms with Crippen LogP contribution in [0.2, 0.25) is 0 Å². The summed E-state index contributed by atoms with van der Waals surface area (Å²) in [7, 11) is -3.83. The first-order valence-corrected chi connectivity index (χ1v) is 9.26. The summed E-state index contributed by atoms with van der Waals surface area (Å²) in [6.45, 7) is 0. The van der Waals surface area contributed by atoms with Crippen molar-refractivity contribution < 1.29 is 8.42 Å². The zero-order valence-corrected chi connectivity index (χ0v) is 14.9. The van der Waals surface area contributed by atoms with E-state index in [0.29, 0.717) is 11.4 Å². The van der Waals surface area contributed by atoms with Gasteiger partial charge in [-0.3, -0.25) is 13.9 Å². The Morgan fingerprint density at radius 1 is 1.00 bits per heavy atom. The smallest absolute Gasteiger partial charge is 0.276 e. The lowest BCUT2D eigenvalue weighted by Gasteiger charge is -2.13. The van der Waals surface area contributed by atoms with Crippen LogP contribution in [0.15, 0.2) is 70.5 Å². The van der Waals surface area contributed by atoms with Crippen molar-refractivity contribution in [1.29, 1.82) is 5.26 Å². The van der Waals surface area contributed by atoms with Crippen molar-refractivity contribution >= 4 is 22.2 Å². The van der Waals surface area contributed by atoms with Crippen molar-refractivity contribution in [2.24, 2.45) is 5.14 Å². The molecule has 9 heteroatoms. The van der Waals surface area contributed by atoms with E-state index in [4.69, 9.17) is 17.4 Å². The quantitative estimate of drug-likeness (QED) is 0.693. The molecule has 0 saturated heterocycles. The van der Waals surface area contributed by atoms with Crippen LogP contribution in [-0.4, -0.2) is 17.6 Å². The standard InChI is InChI=1S/C17H12N4O3S2/c18-10-12-11-20(13-6-8-15(9-7-13)26(19,23)24)17(25)21(16(12)22)14-4-2-1-3-5-14/h1-9,11H,(H2,19,23,24). The van der Waals surface area contributed by atoms with Crippen molar-refractivity contribution in [3.8, 4) is 17.4 Å². The second-order valence-corrected chi connectivity index (χ2v) is 7.25. The van der Waals surface area contributed by atoms with Crippen molar-refractivity contribution in [3.05, 3.63) is 81.5 Å². The fourth-order valence-electron chi connectivity index (χ4n) is 2.42. The predicted octanol–water partition coefficient (Wildman–Crippen LogP) is 1.88. The van der Waals surface area contributed by atoms with Crippen molar-refractivity contribution in [2.45, 2.75) is 4.90 Å². The van der Waals surface area contributed by atoms with Gasteiger partial charge in [0.25, 0.3) is 5.56 Å². The van der Waals surface area contributed by atoms with Gasteiger partial charge in [0.2, 0.25) is 10.0 Å². The molecule has 1 heterocycles. The zero-order chi connectivity index (χ0) is 18.9. The van der Waals surface area contributed by atoms with E-state index >= 15 is 0 Å². The maximum absolute atomic E-state index is 12.6. The Morgan fingerprint density at radius 3 is 2.15 bits per heavy atom. The van der Waals surface area contributed by atoms with Crippen LogP contribution in [0.25, 0.3) is 11.4 Å². The largest absolute Gasteiger partial charge is 0.292 e. The van der Waals surface area contributed by atoms with Gasteiger partial charge in [-0.25, -0.2) is 13.6 Å². The lowest BCUT2D eigenvalue weighted by Crippen LogP contribution is -2.25. The molecule has 0 atom stereocenters. The van der Waals surface area contributed by atoms with Crippen LogP contribution in [0, 0.1) is 16.1 Å². The van der Waals surface area contributed by atoms with E-state index in [1.807, 2.05) is 6.07 Å². The molecule has 0 radical (unpaired) electrons. The number of hydrogen-bond acceptors (Lipinski definition) is 5. The van der Waals surface area contributed by atoms with E-state index in [0.717, 1.165) is 0 Å². The number of benzene rings is 2. The minimum Gasteiger partial charge on any atom is -0.292 e. The molecule has 7 nitrogen and oxygen atoms in total. The number of nitrogens with zero attached hydrogens (tertiary/aromatic N) is 3. The Bertz CT molecular complexity index is 1240. The fraction of sp³-hybridized carbons (Fsp3) is 0. The number of primary sulfonamides is 1.